The molecule has 0 aliphatic carbocycles. The second-order valence-electron chi connectivity index (χ2n) is 12.1. The predicted octanol–water partition coefficient (Wildman–Crippen LogP) is 11.8. The molecule has 212 valence electrons. The molecular weight excluding hydrogens is 556 g/mol. The van der Waals surface area contributed by atoms with Gasteiger partial charge in [-0.2, -0.15) is 0 Å². The van der Waals surface area contributed by atoms with Gasteiger partial charge in [-0.15, -0.1) is 0 Å². The summed E-state index contributed by atoms with van der Waals surface area (Å²) in [6.45, 7) is 0. The molecule has 0 amide bonds. The van der Waals surface area contributed by atoms with Crippen molar-refractivity contribution in [3.63, 3.8) is 0 Å². The zero-order valence-electron chi connectivity index (χ0n) is 24.9. The van der Waals surface area contributed by atoms with Gasteiger partial charge in [-0.1, -0.05) is 103 Å². The van der Waals surface area contributed by atoms with Crippen molar-refractivity contribution in [2.45, 2.75) is 0 Å². The molecular formula is C44H26N2. The Morgan fingerprint density at radius 3 is 1.50 bits per heavy atom. The highest BCUT2D eigenvalue weighted by molar-refractivity contribution is 6.41. The first-order chi connectivity index (χ1) is 22.8. The van der Waals surface area contributed by atoms with E-state index in [-0.39, 0.29) is 0 Å². The summed E-state index contributed by atoms with van der Waals surface area (Å²) >= 11 is 0. The van der Waals surface area contributed by atoms with E-state index in [2.05, 4.69) is 131 Å². The molecule has 10 rings (SSSR count). The van der Waals surface area contributed by atoms with Crippen LogP contribution in [0, 0.1) is 0 Å². The molecule has 46 heavy (non-hydrogen) atoms. The molecule has 0 saturated heterocycles. The van der Waals surface area contributed by atoms with Crippen molar-refractivity contribution in [1.29, 1.82) is 0 Å². The van der Waals surface area contributed by atoms with Crippen molar-refractivity contribution >= 4 is 99.7 Å². The topological polar surface area (TPSA) is 25.8 Å². The fourth-order valence-electron chi connectivity index (χ4n) is 7.85. The second kappa shape index (κ2) is 9.69. The molecule has 0 fully saturated rings. The predicted molar refractivity (Wildman–Crippen MR) is 198 cm³/mol. The van der Waals surface area contributed by atoms with Crippen LogP contribution in [-0.4, -0.2) is 9.97 Å². The van der Waals surface area contributed by atoms with E-state index in [1.165, 1.54) is 86.5 Å². The van der Waals surface area contributed by atoms with Crippen LogP contribution in [0.1, 0.15) is 22.5 Å². The van der Waals surface area contributed by atoms with Gasteiger partial charge in [0.05, 0.1) is 11.4 Å². The van der Waals surface area contributed by atoms with Crippen LogP contribution in [0.2, 0.25) is 0 Å². The van der Waals surface area contributed by atoms with Crippen LogP contribution in [0.25, 0.3) is 99.7 Å². The van der Waals surface area contributed by atoms with Crippen LogP contribution in [0.4, 0.5) is 0 Å². The Labute approximate surface area is 265 Å². The van der Waals surface area contributed by atoms with E-state index < -0.39 is 0 Å². The third-order valence-corrected chi connectivity index (χ3v) is 9.68. The van der Waals surface area contributed by atoms with E-state index in [9.17, 15) is 0 Å². The Kier molecular flexibility index (Phi) is 5.31. The minimum Gasteiger partial charge on any atom is -0.257 e. The van der Waals surface area contributed by atoms with Crippen LogP contribution in [-0.2, 0) is 0 Å². The van der Waals surface area contributed by atoms with Gasteiger partial charge in [0.25, 0.3) is 0 Å². The molecule has 0 bridgehead atoms. The normalized spacial score (nSPS) is 12.6. The molecule has 2 heterocycles. The van der Waals surface area contributed by atoms with Crippen molar-refractivity contribution in [3.05, 3.63) is 156 Å². The van der Waals surface area contributed by atoms with Gasteiger partial charge in [0, 0.05) is 12.4 Å². The summed E-state index contributed by atoms with van der Waals surface area (Å²) < 4.78 is 0. The van der Waals surface area contributed by atoms with Gasteiger partial charge in [-0.05, 0) is 129 Å². The van der Waals surface area contributed by atoms with Gasteiger partial charge in [0.15, 0.2) is 0 Å². The number of hydrogen-bond donors (Lipinski definition) is 0. The summed E-state index contributed by atoms with van der Waals surface area (Å²) in [7, 11) is 0. The van der Waals surface area contributed by atoms with Crippen LogP contribution >= 0.6 is 0 Å². The molecule has 10 aromatic rings. The summed E-state index contributed by atoms with van der Waals surface area (Å²) in [4.78, 5) is 9.29. The second-order valence-corrected chi connectivity index (χ2v) is 12.1. The first kappa shape index (κ1) is 25.2. The number of hydrogen-bond acceptors (Lipinski definition) is 2. The monoisotopic (exact) mass is 582 g/mol. The molecule has 2 aromatic heterocycles. The molecule has 0 spiro atoms. The number of rotatable bonds is 4. The van der Waals surface area contributed by atoms with Crippen molar-refractivity contribution in [1.82, 2.24) is 9.97 Å². The van der Waals surface area contributed by atoms with E-state index >= 15 is 0 Å². The first-order valence-electron chi connectivity index (χ1n) is 15.7. The summed E-state index contributed by atoms with van der Waals surface area (Å²) in [5.74, 6) is 0. The van der Waals surface area contributed by atoms with E-state index in [4.69, 9.17) is 0 Å². The van der Waals surface area contributed by atoms with Crippen LogP contribution < -0.4 is 0 Å². The van der Waals surface area contributed by atoms with Crippen molar-refractivity contribution in [3.8, 4) is 0 Å². The highest BCUT2D eigenvalue weighted by Gasteiger charge is 2.23. The van der Waals surface area contributed by atoms with E-state index in [1.807, 2.05) is 36.7 Å². The van der Waals surface area contributed by atoms with Crippen LogP contribution in [0.5, 0.6) is 0 Å². The maximum atomic E-state index is 4.65. The van der Waals surface area contributed by atoms with Gasteiger partial charge < -0.3 is 0 Å². The van der Waals surface area contributed by atoms with Crippen molar-refractivity contribution in [2.75, 3.05) is 0 Å². The molecule has 0 atom stereocenters. The van der Waals surface area contributed by atoms with E-state index in [0.717, 1.165) is 11.4 Å². The zero-order valence-corrected chi connectivity index (χ0v) is 24.9. The summed E-state index contributed by atoms with van der Waals surface area (Å²) in [5, 5.41) is 18.0. The lowest BCUT2D eigenvalue weighted by Crippen LogP contribution is -1.90. The zero-order chi connectivity index (χ0) is 30.2. The Morgan fingerprint density at radius 1 is 0.326 bits per heavy atom. The average Bonchev–Trinajstić information content (AvgIpc) is 3.62. The first-order valence-corrected chi connectivity index (χ1v) is 15.7. The van der Waals surface area contributed by atoms with Crippen molar-refractivity contribution < 1.29 is 0 Å². The minimum absolute atomic E-state index is 0.940. The number of benzene rings is 6. The van der Waals surface area contributed by atoms with Gasteiger partial charge >= 0.3 is 0 Å². The maximum Gasteiger partial charge on any atom is 0.0629 e. The molecule has 2 heteroatoms. The molecule has 0 aliphatic heterocycles. The molecule has 0 aliphatic rings. The molecule has 8 aromatic carbocycles. The summed E-state index contributed by atoms with van der Waals surface area (Å²) in [5.41, 5.74) is 4.34. The fraction of sp³-hybridized carbons (Fsp3) is 0. The fourth-order valence-corrected chi connectivity index (χ4v) is 7.85. The Balaban J connectivity index is 1.48. The highest BCUT2D eigenvalue weighted by atomic mass is 14.7. The number of fused-ring (bicyclic) bond motifs is 8. The smallest absolute Gasteiger partial charge is 0.0629 e. The number of aromatic nitrogens is 2. The number of nitrogens with zero attached hydrogens (tertiary/aromatic N) is 2. The van der Waals surface area contributed by atoms with Crippen molar-refractivity contribution in [2.24, 2.45) is 0 Å². The quantitative estimate of drug-likeness (QED) is 0.193. The third-order valence-electron chi connectivity index (χ3n) is 9.68. The lowest BCUT2D eigenvalue weighted by Gasteiger charge is -2.15. The van der Waals surface area contributed by atoms with Gasteiger partial charge in [-0.25, -0.2) is 0 Å². The lowest BCUT2D eigenvalue weighted by molar-refractivity contribution is 1.30. The average molecular weight is 583 g/mol. The SMILES string of the molecule is C(=Cc1c2cc3c4ccccc4c4cccc(c2c(C=Cc2ccccn2)c2c5cccc6cccc(c12)c65)c43)c1ccccn1. The van der Waals surface area contributed by atoms with E-state index in [1.54, 1.807) is 0 Å². The highest BCUT2D eigenvalue weighted by Crippen LogP contribution is 2.50. The maximum absolute atomic E-state index is 4.65. The standard InChI is InChI=1S/C44H26N2/c1-2-15-31-30(14-1)32-16-9-19-36-41(32)38(31)26-39-33(22-20-28-12-3-5-24-45-28)43-34-17-7-10-27-11-8-18-35(40(27)34)44(43)37(42(36)39)23-21-29-13-4-6-25-46-29/h1-26H. The van der Waals surface area contributed by atoms with E-state index in [0.29, 0.717) is 0 Å². The molecule has 0 unspecified atom stereocenters. The third kappa shape index (κ3) is 3.53. The molecule has 0 radical (unpaired) electrons. The molecule has 2 nitrogen and oxygen atoms in total. The summed E-state index contributed by atoms with van der Waals surface area (Å²) in [6, 6.07) is 43.7. The largest absolute Gasteiger partial charge is 0.257 e. The Hall–Kier alpha value is -6.12. The minimum atomic E-state index is 0.940. The number of pyridine rings is 2. The molecule has 0 saturated carbocycles. The van der Waals surface area contributed by atoms with Gasteiger partial charge in [0.2, 0.25) is 0 Å². The van der Waals surface area contributed by atoms with Gasteiger partial charge in [-0.3, -0.25) is 9.97 Å². The van der Waals surface area contributed by atoms with Gasteiger partial charge in [0.1, 0.15) is 0 Å². The molecule has 0 N–H and O–H groups in total. The summed E-state index contributed by atoms with van der Waals surface area (Å²) in [6.07, 6.45) is 12.6. The lowest BCUT2D eigenvalue weighted by atomic mass is 9.87. The van der Waals surface area contributed by atoms with Crippen LogP contribution in [0.3, 0.4) is 0 Å². The Morgan fingerprint density at radius 2 is 0.848 bits per heavy atom. The Bertz CT molecular complexity index is 2820. The van der Waals surface area contributed by atoms with Crippen LogP contribution in [0.15, 0.2) is 134 Å².